The van der Waals surface area contributed by atoms with Crippen molar-refractivity contribution in [1.29, 1.82) is 0 Å². The van der Waals surface area contributed by atoms with Gasteiger partial charge >= 0.3 is 0 Å². The van der Waals surface area contributed by atoms with E-state index in [9.17, 15) is 22.4 Å². The molecule has 52 heavy (non-hydrogen) atoms. The molecule has 270 valence electrons. The highest BCUT2D eigenvalue weighted by atomic mass is 35.5. The van der Waals surface area contributed by atoms with E-state index in [4.69, 9.17) is 16.6 Å². The zero-order valence-electron chi connectivity index (χ0n) is 27.4. The number of fused-ring (bicyclic) bond motifs is 5. The molecule has 2 N–H and O–H groups in total. The molecule has 1 amide bonds. The van der Waals surface area contributed by atoms with E-state index in [2.05, 4.69) is 25.2 Å². The van der Waals surface area contributed by atoms with Crippen molar-refractivity contribution in [3.05, 3.63) is 86.3 Å². The molecule has 2 aliphatic rings. The van der Waals surface area contributed by atoms with E-state index in [-0.39, 0.29) is 29.7 Å². The normalized spacial score (nSPS) is 17.9. The topological polar surface area (TPSA) is 103 Å². The van der Waals surface area contributed by atoms with Crippen molar-refractivity contribution in [3.8, 4) is 11.1 Å². The molecule has 2 unspecified atom stereocenters. The van der Waals surface area contributed by atoms with Crippen LogP contribution in [0.2, 0.25) is 5.02 Å². The number of halogens is 7. The van der Waals surface area contributed by atoms with Crippen molar-refractivity contribution in [1.82, 2.24) is 34.8 Å². The number of thiazole rings is 1. The number of anilines is 1. The van der Waals surface area contributed by atoms with Crippen LogP contribution in [0.3, 0.4) is 0 Å². The zero-order chi connectivity index (χ0) is 36.8. The molecule has 4 aromatic heterocycles. The van der Waals surface area contributed by atoms with Gasteiger partial charge in [-0.05, 0) is 55.5 Å². The van der Waals surface area contributed by atoms with Crippen LogP contribution in [0.15, 0.2) is 36.4 Å². The van der Waals surface area contributed by atoms with E-state index in [1.54, 1.807) is 30.8 Å². The minimum atomic E-state index is -3.44. The van der Waals surface area contributed by atoms with Gasteiger partial charge in [0.05, 0.1) is 37.4 Å². The van der Waals surface area contributed by atoms with E-state index in [0.717, 1.165) is 12.1 Å². The van der Waals surface area contributed by atoms with E-state index >= 15 is 8.78 Å². The predicted octanol–water partition coefficient (Wildman–Crippen LogP) is 8.62. The summed E-state index contributed by atoms with van der Waals surface area (Å²) in [7, 11) is 1.74. The van der Waals surface area contributed by atoms with Gasteiger partial charge in [0.15, 0.2) is 11.5 Å². The summed E-state index contributed by atoms with van der Waals surface area (Å²) in [6.45, 7) is 0.987. The molecule has 0 aliphatic heterocycles. The maximum atomic E-state index is 15.3. The fourth-order valence-electron chi connectivity index (χ4n) is 7.36. The molecule has 9 nitrogen and oxygen atoms in total. The Morgan fingerprint density at radius 2 is 1.85 bits per heavy atom. The third-order valence-electron chi connectivity index (χ3n) is 9.43. The minimum Gasteiger partial charge on any atom is -0.346 e. The molecule has 2 aromatic carbocycles. The number of carbonyl (C=O) groups excluding carboxylic acids is 1. The van der Waals surface area contributed by atoms with Gasteiger partial charge < -0.3 is 10.0 Å². The molecule has 1 saturated carbocycles. The highest BCUT2D eigenvalue weighted by Gasteiger charge is 2.67. The second kappa shape index (κ2) is 12.7. The Balaban J connectivity index is 1.27. The van der Waals surface area contributed by atoms with Gasteiger partial charge in [-0.15, -0.1) is 11.3 Å². The second-order valence-electron chi connectivity index (χ2n) is 12.9. The molecule has 3 atom stereocenters. The standard InChI is InChI=1S/C34H27ClF6N8OS2/c1-13-42-32-23(52-13)11-18(17-4-5-21(35)26-29(17)48(2)46-33(26)47-51-3)27(44-32)22(8-14-6-15(36)9-16(37)7-14)43-24(50)12-49-30-25(28(45-49)31(38)39)19-10-20(19)34(30,40)41/h4-7,9,11,19-20,22,31H,8,10,12H2,1-3H3,(H,43,50)(H,46,47)/t19?,20?,22-/m1/s1. The minimum absolute atomic E-state index is 0.0698. The molecule has 0 spiro atoms. The van der Waals surface area contributed by atoms with Gasteiger partial charge in [0.1, 0.15) is 29.6 Å². The van der Waals surface area contributed by atoms with Crippen molar-refractivity contribution in [2.75, 3.05) is 11.0 Å². The van der Waals surface area contributed by atoms with Gasteiger partial charge in [-0.1, -0.05) is 29.6 Å². The van der Waals surface area contributed by atoms with Crippen molar-refractivity contribution in [2.45, 2.75) is 50.6 Å². The molecule has 4 heterocycles. The summed E-state index contributed by atoms with van der Waals surface area (Å²) < 4.78 is 93.7. The number of rotatable bonds is 10. The summed E-state index contributed by atoms with van der Waals surface area (Å²) in [5, 5.41) is 12.9. The predicted molar refractivity (Wildman–Crippen MR) is 187 cm³/mol. The fourth-order valence-corrected chi connectivity index (χ4v) is 8.75. The lowest BCUT2D eigenvalue weighted by Crippen LogP contribution is -2.35. The van der Waals surface area contributed by atoms with Crippen molar-refractivity contribution in [3.63, 3.8) is 0 Å². The van der Waals surface area contributed by atoms with Crippen molar-refractivity contribution < 1.29 is 31.1 Å². The van der Waals surface area contributed by atoms with Crippen LogP contribution < -0.4 is 10.0 Å². The number of alkyl halides is 4. The molecule has 1 fully saturated rings. The Bertz CT molecular complexity index is 2410. The van der Waals surface area contributed by atoms with Crippen molar-refractivity contribution >= 4 is 67.9 Å². The number of amides is 1. The Labute approximate surface area is 304 Å². The first-order chi connectivity index (χ1) is 24.7. The first kappa shape index (κ1) is 34.7. The maximum absolute atomic E-state index is 15.3. The Kier molecular flexibility index (Phi) is 8.45. The number of benzene rings is 2. The molecule has 8 rings (SSSR count). The third kappa shape index (κ3) is 5.76. The summed E-state index contributed by atoms with van der Waals surface area (Å²) in [5.74, 6) is -7.35. The number of pyridine rings is 1. The third-order valence-corrected chi connectivity index (χ3v) is 11.1. The highest BCUT2D eigenvalue weighted by molar-refractivity contribution is 7.99. The van der Waals surface area contributed by atoms with Gasteiger partial charge in [-0.3, -0.25) is 14.2 Å². The summed E-state index contributed by atoms with van der Waals surface area (Å²) in [6.07, 6.45) is -1.41. The Morgan fingerprint density at radius 1 is 1.10 bits per heavy atom. The van der Waals surface area contributed by atoms with Crippen LogP contribution >= 0.6 is 34.9 Å². The maximum Gasteiger partial charge on any atom is 0.293 e. The molecule has 18 heteroatoms. The van der Waals surface area contributed by atoms with E-state index in [1.165, 1.54) is 23.3 Å². The van der Waals surface area contributed by atoms with Gasteiger partial charge in [-0.25, -0.2) is 27.5 Å². The lowest BCUT2D eigenvalue weighted by molar-refractivity contribution is -0.123. The number of hydrogen-bond acceptors (Lipinski definition) is 8. The molecule has 0 radical (unpaired) electrons. The average molecular weight is 777 g/mol. The monoisotopic (exact) mass is 776 g/mol. The molecular weight excluding hydrogens is 750 g/mol. The number of nitrogens with one attached hydrogen (secondary N) is 2. The van der Waals surface area contributed by atoms with Crippen LogP contribution in [0.25, 0.3) is 32.4 Å². The van der Waals surface area contributed by atoms with Crippen LogP contribution in [0.4, 0.5) is 32.2 Å². The van der Waals surface area contributed by atoms with E-state index in [1.807, 2.05) is 12.3 Å². The SMILES string of the molecule is CSNc1nn(C)c2c(-c3cc4sc(C)nc4nc3[C@@H](Cc3cc(F)cc(F)c3)NC(=O)Cn3nc(C(F)F)c4c3C(F)(F)C3CC43)ccc(Cl)c12. The van der Waals surface area contributed by atoms with Crippen molar-refractivity contribution in [2.24, 2.45) is 13.0 Å². The van der Waals surface area contributed by atoms with Crippen LogP contribution in [0.5, 0.6) is 0 Å². The van der Waals surface area contributed by atoms with Gasteiger partial charge in [0, 0.05) is 42.0 Å². The van der Waals surface area contributed by atoms with Crippen LogP contribution in [-0.4, -0.2) is 41.7 Å². The molecule has 6 aromatic rings. The smallest absolute Gasteiger partial charge is 0.293 e. The molecular formula is C34H27ClF6N8OS2. The first-order valence-corrected chi connectivity index (χ1v) is 18.4. The Morgan fingerprint density at radius 3 is 2.56 bits per heavy atom. The van der Waals surface area contributed by atoms with Crippen LogP contribution in [-0.2, 0) is 30.7 Å². The number of aryl methyl sites for hydroxylation is 2. The van der Waals surface area contributed by atoms with Crippen LogP contribution in [0, 0.1) is 24.5 Å². The first-order valence-electron chi connectivity index (χ1n) is 16.0. The van der Waals surface area contributed by atoms with E-state index < -0.39 is 65.7 Å². The molecule has 0 bridgehead atoms. The largest absolute Gasteiger partial charge is 0.346 e. The lowest BCUT2D eigenvalue weighted by atomic mass is 9.94. The number of nitrogens with zero attached hydrogens (tertiary/aromatic N) is 6. The lowest BCUT2D eigenvalue weighted by Gasteiger charge is -2.23. The summed E-state index contributed by atoms with van der Waals surface area (Å²) in [6, 6.07) is 7.09. The zero-order valence-corrected chi connectivity index (χ0v) is 29.8. The van der Waals surface area contributed by atoms with Gasteiger partial charge in [0.2, 0.25) is 5.91 Å². The number of carbonyl (C=O) groups is 1. The summed E-state index contributed by atoms with van der Waals surface area (Å²) >= 11 is 9.39. The average Bonchev–Trinajstić information content (AvgIpc) is 3.37. The number of hydrogen-bond donors (Lipinski definition) is 2. The number of aromatic nitrogens is 6. The fraction of sp³-hybridized carbons (Fsp3) is 0.324. The van der Waals surface area contributed by atoms with Gasteiger partial charge in [0.25, 0.3) is 12.3 Å². The molecule has 0 saturated heterocycles. The van der Waals surface area contributed by atoms with Gasteiger partial charge in [-0.2, -0.15) is 19.0 Å². The quantitative estimate of drug-likeness (QED) is 0.106. The van der Waals surface area contributed by atoms with Crippen LogP contribution in [0.1, 0.15) is 58.0 Å². The summed E-state index contributed by atoms with van der Waals surface area (Å²) in [5.41, 5.74) is 0.825. The summed E-state index contributed by atoms with van der Waals surface area (Å²) in [4.78, 5) is 23.3. The highest BCUT2D eigenvalue weighted by Crippen LogP contribution is 2.68. The Hall–Kier alpha value is -4.35. The second-order valence-corrected chi connectivity index (χ2v) is 15.1. The molecule has 2 aliphatic carbocycles. The van der Waals surface area contributed by atoms with E-state index in [0.29, 0.717) is 59.0 Å².